The van der Waals surface area contributed by atoms with Crippen LogP contribution in [-0.2, 0) is 9.47 Å². The van der Waals surface area contributed by atoms with Crippen LogP contribution in [0.4, 0.5) is 5.69 Å². The molecule has 1 rings (SSSR count). The molecule has 0 aliphatic carbocycles. The maximum absolute atomic E-state index is 10.7. The predicted molar refractivity (Wildman–Crippen MR) is 83.9 cm³/mol. The number of non-ortho nitro benzene ring substituents is 1. The quantitative estimate of drug-likeness (QED) is 0.397. The summed E-state index contributed by atoms with van der Waals surface area (Å²) in [6.45, 7) is 3.27. The van der Waals surface area contributed by atoms with Crippen LogP contribution >= 0.6 is 0 Å². The molecule has 0 unspecified atom stereocenters. The Morgan fingerprint density at radius 3 is 2.48 bits per heavy atom. The van der Waals surface area contributed by atoms with E-state index in [1.165, 1.54) is 12.1 Å². The second-order valence-electron chi connectivity index (χ2n) is 5.16. The van der Waals surface area contributed by atoms with Gasteiger partial charge in [-0.2, -0.15) is 0 Å². The molecule has 0 saturated heterocycles. The van der Waals surface area contributed by atoms with Crippen molar-refractivity contribution in [2.45, 2.75) is 6.10 Å². The number of nitrogens with one attached hydrogen (secondary N) is 1. The van der Waals surface area contributed by atoms with E-state index in [2.05, 4.69) is 0 Å². The fourth-order valence-electron chi connectivity index (χ4n) is 2.09. The van der Waals surface area contributed by atoms with Crippen LogP contribution in [-0.4, -0.2) is 69.8 Å². The van der Waals surface area contributed by atoms with Gasteiger partial charge < -0.3 is 24.2 Å². The minimum atomic E-state index is -0.682. The minimum absolute atomic E-state index is 0.0376. The van der Waals surface area contributed by atoms with Crippen LogP contribution in [0.5, 0.6) is 5.75 Å². The molecule has 0 amide bonds. The molecule has 0 radical (unpaired) electrons. The lowest BCUT2D eigenvalue weighted by Crippen LogP contribution is -3.14. The van der Waals surface area contributed by atoms with Crippen LogP contribution in [0.2, 0.25) is 0 Å². The Balaban J connectivity index is 2.45. The highest BCUT2D eigenvalue weighted by molar-refractivity contribution is 5.37. The highest BCUT2D eigenvalue weighted by Crippen LogP contribution is 2.18. The molecule has 8 nitrogen and oxygen atoms in total. The van der Waals surface area contributed by atoms with E-state index in [0.717, 1.165) is 18.0 Å². The number of methoxy groups -OCH3 is 2. The summed E-state index contributed by atoms with van der Waals surface area (Å²) < 4.78 is 15.6. The van der Waals surface area contributed by atoms with Crippen molar-refractivity contribution in [2.75, 3.05) is 53.7 Å². The third kappa shape index (κ3) is 7.89. The number of rotatable bonds is 12. The van der Waals surface area contributed by atoms with Crippen molar-refractivity contribution in [2.24, 2.45) is 0 Å². The van der Waals surface area contributed by atoms with Gasteiger partial charge in [-0.25, -0.2) is 0 Å². The number of hydrogen-bond donors (Lipinski definition) is 2. The van der Waals surface area contributed by atoms with Crippen molar-refractivity contribution in [1.29, 1.82) is 0 Å². The van der Waals surface area contributed by atoms with Gasteiger partial charge in [-0.15, -0.1) is 0 Å². The number of nitro groups is 1. The van der Waals surface area contributed by atoms with Crippen molar-refractivity contribution in [3.8, 4) is 5.75 Å². The van der Waals surface area contributed by atoms with Gasteiger partial charge in [-0.3, -0.25) is 10.1 Å². The molecular weight excluding hydrogens is 304 g/mol. The Hall–Kier alpha value is -1.74. The molecule has 0 fully saturated rings. The molecule has 0 heterocycles. The summed E-state index contributed by atoms with van der Waals surface area (Å²) in [5.41, 5.74) is -0.0376. The van der Waals surface area contributed by atoms with E-state index in [1.807, 2.05) is 0 Å². The van der Waals surface area contributed by atoms with Gasteiger partial charge in [0.2, 0.25) is 0 Å². The first-order valence-corrected chi connectivity index (χ1v) is 7.43. The Bertz CT molecular complexity index is 463. The van der Waals surface area contributed by atoms with Gasteiger partial charge in [-0.1, -0.05) is 6.07 Å². The fraction of sp³-hybridized carbons (Fsp3) is 0.600. The summed E-state index contributed by atoms with van der Waals surface area (Å²) in [5.74, 6) is 0.369. The topological polar surface area (TPSA) is 95.5 Å². The molecule has 1 atom stereocenters. The van der Waals surface area contributed by atoms with Crippen LogP contribution in [0, 0.1) is 10.1 Å². The zero-order chi connectivity index (χ0) is 17.1. The maximum Gasteiger partial charge on any atom is 0.273 e. The normalized spacial score (nSPS) is 12.3. The average molecular weight is 329 g/mol. The molecule has 0 aliphatic heterocycles. The number of quaternary nitrogens is 1. The van der Waals surface area contributed by atoms with Crippen molar-refractivity contribution >= 4 is 5.69 Å². The lowest BCUT2D eigenvalue weighted by atomic mass is 10.3. The van der Waals surface area contributed by atoms with Crippen LogP contribution < -0.4 is 9.64 Å². The average Bonchev–Trinajstić information content (AvgIpc) is 2.55. The third-order valence-corrected chi connectivity index (χ3v) is 3.31. The van der Waals surface area contributed by atoms with Gasteiger partial charge in [-0.05, 0) is 6.07 Å². The summed E-state index contributed by atoms with van der Waals surface area (Å²) in [7, 11) is 3.27. The lowest BCUT2D eigenvalue weighted by molar-refractivity contribution is -0.903. The van der Waals surface area contributed by atoms with E-state index in [1.54, 1.807) is 26.4 Å². The Morgan fingerprint density at radius 2 is 1.91 bits per heavy atom. The first-order valence-electron chi connectivity index (χ1n) is 7.43. The van der Waals surface area contributed by atoms with E-state index in [0.29, 0.717) is 25.5 Å². The van der Waals surface area contributed by atoms with Crippen molar-refractivity contribution in [1.82, 2.24) is 0 Å². The molecule has 0 bridgehead atoms. The summed E-state index contributed by atoms with van der Waals surface area (Å²) >= 11 is 0. The van der Waals surface area contributed by atoms with Crippen molar-refractivity contribution in [3.05, 3.63) is 34.4 Å². The van der Waals surface area contributed by atoms with Gasteiger partial charge in [0.1, 0.15) is 38.1 Å². The van der Waals surface area contributed by atoms with E-state index >= 15 is 0 Å². The van der Waals surface area contributed by atoms with Gasteiger partial charge in [0.05, 0.1) is 24.2 Å². The Kier molecular flexibility index (Phi) is 9.15. The highest BCUT2D eigenvalue weighted by atomic mass is 16.6. The van der Waals surface area contributed by atoms with Crippen LogP contribution in [0.15, 0.2) is 24.3 Å². The summed E-state index contributed by atoms with van der Waals surface area (Å²) in [4.78, 5) is 11.4. The lowest BCUT2D eigenvalue weighted by Gasteiger charge is -2.22. The second-order valence-corrected chi connectivity index (χ2v) is 5.16. The number of nitrogens with zero attached hydrogens (tertiary/aromatic N) is 1. The third-order valence-electron chi connectivity index (χ3n) is 3.31. The van der Waals surface area contributed by atoms with Crippen LogP contribution in [0.1, 0.15) is 0 Å². The first kappa shape index (κ1) is 19.3. The molecule has 0 aliphatic rings. The maximum atomic E-state index is 10.7. The van der Waals surface area contributed by atoms with Gasteiger partial charge in [0.15, 0.2) is 0 Å². The molecule has 1 aromatic rings. The molecule has 130 valence electrons. The predicted octanol–water partition coefficient (Wildman–Crippen LogP) is -0.488. The zero-order valence-corrected chi connectivity index (χ0v) is 13.6. The molecule has 2 N–H and O–H groups in total. The van der Waals surface area contributed by atoms with Gasteiger partial charge in [0, 0.05) is 20.3 Å². The number of ether oxygens (including phenoxy) is 3. The van der Waals surface area contributed by atoms with E-state index in [4.69, 9.17) is 14.2 Å². The number of aliphatic hydroxyl groups excluding tert-OH is 1. The standard InChI is InChI=1S/C15H24N2O6/c1-21-8-6-16(7-9-22-2)11-14(18)12-23-15-5-3-4-13(10-15)17(19)20/h3-5,10,14,18H,6-9,11-12H2,1-2H3/p+1/t14-/m1/s1. The highest BCUT2D eigenvalue weighted by Gasteiger charge is 2.16. The monoisotopic (exact) mass is 329 g/mol. The van der Waals surface area contributed by atoms with Gasteiger partial charge in [0.25, 0.3) is 5.69 Å². The zero-order valence-electron chi connectivity index (χ0n) is 13.6. The molecule has 0 aromatic heterocycles. The first-order chi connectivity index (χ1) is 11.1. The smallest absolute Gasteiger partial charge is 0.273 e. The molecular formula is C15H25N2O6+. The molecule has 0 spiro atoms. The molecule has 23 heavy (non-hydrogen) atoms. The van der Waals surface area contributed by atoms with E-state index < -0.39 is 11.0 Å². The van der Waals surface area contributed by atoms with Crippen molar-refractivity contribution in [3.63, 3.8) is 0 Å². The van der Waals surface area contributed by atoms with E-state index in [-0.39, 0.29) is 12.3 Å². The second kappa shape index (κ2) is 10.9. The van der Waals surface area contributed by atoms with Crippen LogP contribution in [0.25, 0.3) is 0 Å². The summed E-state index contributed by atoms with van der Waals surface area (Å²) in [6, 6.07) is 5.91. The largest absolute Gasteiger partial charge is 0.490 e. The Labute approximate surface area is 135 Å². The van der Waals surface area contributed by atoms with E-state index in [9.17, 15) is 15.2 Å². The fourth-order valence-corrected chi connectivity index (χ4v) is 2.09. The number of hydrogen-bond acceptors (Lipinski definition) is 6. The summed E-state index contributed by atoms with van der Waals surface area (Å²) in [6.07, 6.45) is -0.682. The summed E-state index contributed by atoms with van der Waals surface area (Å²) in [5, 5.41) is 20.8. The molecule has 0 saturated carbocycles. The SMILES string of the molecule is COCC[NH+](CCOC)C[C@@H](O)COc1cccc([N+](=O)[O-])c1. The molecule has 1 aromatic carbocycles. The van der Waals surface area contributed by atoms with Gasteiger partial charge >= 0.3 is 0 Å². The van der Waals surface area contributed by atoms with Crippen LogP contribution in [0.3, 0.4) is 0 Å². The number of benzene rings is 1. The minimum Gasteiger partial charge on any atom is -0.490 e. The number of aliphatic hydroxyl groups is 1. The van der Waals surface area contributed by atoms with Crippen molar-refractivity contribution < 1.29 is 29.1 Å². The Morgan fingerprint density at radius 1 is 1.26 bits per heavy atom. The number of nitro benzene ring substituents is 1. The molecule has 8 heteroatoms.